The van der Waals surface area contributed by atoms with E-state index < -0.39 is 0 Å². The fourth-order valence-corrected chi connectivity index (χ4v) is 2.68. The molecule has 0 bridgehead atoms. The fraction of sp³-hybridized carbons (Fsp3) is 0.235. The summed E-state index contributed by atoms with van der Waals surface area (Å²) in [6.45, 7) is 4.23. The molecule has 3 rings (SSSR count). The summed E-state index contributed by atoms with van der Waals surface area (Å²) in [5, 5.41) is 2.88. The predicted octanol–water partition coefficient (Wildman–Crippen LogP) is 3.21. The molecule has 4 N–H and O–H groups in total. The fourth-order valence-electron chi connectivity index (χ4n) is 2.68. The van der Waals surface area contributed by atoms with E-state index in [2.05, 4.69) is 30.2 Å². The Labute approximate surface area is 124 Å². The first-order valence-electron chi connectivity index (χ1n) is 7.26. The lowest BCUT2D eigenvalue weighted by atomic mass is 10.0. The van der Waals surface area contributed by atoms with Gasteiger partial charge in [-0.2, -0.15) is 0 Å². The second-order valence-corrected chi connectivity index (χ2v) is 5.26. The number of carbonyl (C=O) groups is 1. The van der Waals surface area contributed by atoms with Crippen molar-refractivity contribution in [3.8, 4) is 0 Å². The van der Waals surface area contributed by atoms with Crippen molar-refractivity contribution in [3.05, 3.63) is 46.8 Å². The number of carbonyl (C=O) groups excluding carboxylic acids is 1. The zero-order chi connectivity index (χ0) is 15.0. The molecule has 0 saturated carbocycles. The van der Waals surface area contributed by atoms with E-state index in [1.807, 2.05) is 18.2 Å². The van der Waals surface area contributed by atoms with Crippen molar-refractivity contribution in [1.82, 2.24) is 4.98 Å². The number of hydrogen-bond acceptors (Lipinski definition) is 2. The molecule has 4 heteroatoms. The summed E-state index contributed by atoms with van der Waals surface area (Å²) in [6, 6.07) is 7.65. The molecule has 1 aliphatic heterocycles. The van der Waals surface area contributed by atoms with Crippen LogP contribution in [0.25, 0.3) is 11.6 Å². The molecule has 1 aromatic carbocycles. The van der Waals surface area contributed by atoms with Crippen molar-refractivity contribution in [3.63, 3.8) is 0 Å². The summed E-state index contributed by atoms with van der Waals surface area (Å²) in [5.41, 5.74) is 12.3. The Morgan fingerprint density at radius 1 is 1.19 bits per heavy atom. The molecule has 108 valence electrons. The molecule has 21 heavy (non-hydrogen) atoms. The number of aryl methyl sites for hydroxylation is 2. The number of amides is 1. The van der Waals surface area contributed by atoms with E-state index >= 15 is 0 Å². The molecule has 1 aliphatic rings. The molecule has 0 saturated heterocycles. The summed E-state index contributed by atoms with van der Waals surface area (Å²) in [7, 11) is 0. The Bertz CT molecular complexity index is 740. The van der Waals surface area contributed by atoms with Crippen LogP contribution in [0.15, 0.2) is 24.3 Å². The van der Waals surface area contributed by atoms with Crippen molar-refractivity contribution < 1.29 is 4.79 Å². The minimum atomic E-state index is -0.0784. The van der Waals surface area contributed by atoms with Crippen molar-refractivity contribution in [1.29, 1.82) is 0 Å². The van der Waals surface area contributed by atoms with Crippen LogP contribution in [0, 0.1) is 0 Å². The monoisotopic (exact) mass is 281 g/mol. The third-order valence-electron chi connectivity index (χ3n) is 3.87. The molecule has 0 fully saturated rings. The standard InChI is InChI=1S/C17H19N3O/c1-3-10-7-12(4-2)19-16(10)9-14-13-8-11(18)5-6-15(13)20-17(14)21/h5-9,19H,3-4,18H2,1-2H3,(H,20,21)/b14-9-. The molecular weight excluding hydrogens is 262 g/mol. The van der Waals surface area contributed by atoms with Crippen LogP contribution >= 0.6 is 0 Å². The predicted molar refractivity (Wildman–Crippen MR) is 86.9 cm³/mol. The van der Waals surface area contributed by atoms with E-state index in [1.54, 1.807) is 6.07 Å². The van der Waals surface area contributed by atoms with Crippen LogP contribution in [0.2, 0.25) is 0 Å². The lowest BCUT2D eigenvalue weighted by molar-refractivity contribution is -0.110. The number of rotatable bonds is 3. The average Bonchev–Trinajstić information content (AvgIpc) is 3.01. The van der Waals surface area contributed by atoms with Crippen molar-refractivity contribution in [2.45, 2.75) is 26.7 Å². The first-order valence-corrected chi connectivity index (χ1v) is 7.26. The van der Waals surface area contributed by atoms with Crippen LogP contribution in [0.4, 0.5) is 11.4 Å². The Hall–Kier alpha value is -2.49. The quantitative estimate of drug-likeness (QED) is 0.597. The summed E-state index contributed by atoms with van der Waals surface area (Å²) in [5.74, 6) is -0.0784. The number of hydrogen-bond donors (Lipinski definition) is 3. The highest BCUT2D eigenvalue weighted by Crippen LogP contribution is 2.34. The molecule has 0 radical (unpaired) electrons. The highest BCUT2D eigenvalue weighted by atomic mass is 16.2. The lowest BCUT2D eigenvalue weighted by Gasteiger charge is -2.01. The number of fused-ring (bicyclic) bond motifs is 1. The molecule has 0 aliphatic carbocycles. The van der Waals surface area contributed by atoms with Crippen LogP contribution in [-0.2, 0) is 17.6 Å². The molecular formula is C17H19N3O. The van der Waals surface area contributed by atoms with Gasteiger partial charge in [-0.3, -0.25) is 4.79 Å². The van der Waals surface area contributed by atoms with Crippen LogP contribution in [0.3, 0.4) is 0 Å². The molecule has 1 aromatic heterocycles. The Kier molecular flexibility index (Phi) is 3.29. The summed E-state index contributed by atoms with van der Waals surface area (Å²) >= 11 is 0. The average molecular weight is 281 g/mol. The van der Waals surface area contributed by atoms with Gasteiger partial charge in [0.25, 0.3) is 5.91 Å². The van der Waals surface area contributed by atoms with Gasteiger partial charge in [0.05, 0.1) is 5.57 Å². The van der Waals surface area contributed by atoms with Crippen molar-refractivity contribution in [2.75, 3.05) is 11.1 Å². The first kappa shape index (κ1) is 13.5. The second kappa shape index (κ2) is 5.13. The van der Waals surface area contributed by atoms with Gasteiger partial charge < -0.3 is 16.0 Å². The van der Waals surface area contributed by atoms with Gasteiger partial charge in [0.2, 0.25) is 0 Å². The molecule has 0 spiro atoms. The van der Waals surface area contributed by atoms with Gasteiger partial charge in [0.15, 0.2) is 0 Å². The summed E-state index contributed by atoms with van der Waals surface area (Å²) in [6.07, 6.45) is 3.81. The Morgan fingerprint density at radius 3 is 2.71 bits per heavy atom. The highest BCUT2D eigenvalue weighted by Gasteiger charge is 2.24. The topological polar surface area (TPSA) is 70.9 Å². The van der Waals surface area contributed by atoms with E-state index in [4.69, 9.17) is 5.73 Å². The van der Waals surface area contributed by atoms with Gasteiger partial charge in [-0.15, -0.1) is 0 Å². The van der Waals surface area contributed by atoms with Gasteiger partial charge in [0.1, 0.15) is 0 Å². The number of H-pyrrole nitrogens is 1. The largest absolute Gasteiger partial charge is 0.399 e. The maximum Gasteiger partial charge on any atom is 0.256 e. The number of aromatic amines is 1. The number of benzene rings is 1. The Balaban J connectivity index is 2.10. The van der Waals surface area contributed by atoms with Gasteiger partial charge in [-0.1, -0.05) is 13.8 Å². The minimum absolute atomic E-state index is 0.0784. The third-order valence-corrected chi connectivity index (χ3v) is 3.87. The normalized spacial score (nSPS) is 15.3. The van der Waals surface area contributed by atoms with Gasteiger partial charge in [-0.05, 0) is 48.7 Å². The first-order chi connectivity index (χ1) is 10.1. The number of nitrogens with one attached hydrogen (secondary N) is 2. The van der Waals surface area contributed by atoms with Crippen molar-refractivity contribution >= 4 is 28.9 Å². The number of nitrogens with two attached hydrogens (primary N) is 1. The van der Waals surface area contributed by atoms with Crippen LogP contribution < -0.4 is 11.1 Å². The molecule has 1 amide bonds. The summed E-state index contributed by atoms with van der Waals surface area (Å²) < 4.78 is 0. The van der Waals surface area contributed by atoms with E-state index in [-0.39, 0.29) is 5.91 Å². The van der Waals surface area contributed by atoms with Crippen LogP contribution in [0.5, 0.6) is 0 Å². The maximum atomic E-state index is 12.2. The van der Waals surface area contributed by atoms with E-state index in [0.29, 0.717) is 11.3 Å². The molecule has 0 unspecified atom stereocenters. The number of nitrogen functional groups attached to an aromatic ring is 1. The Morgan fingerprint density at radius 2 is 2.00 bits per heavy atom. The smallest absolute Gasteiger partial charge is 0.256 e. The lowest BCUT2D eigenvalue weighted by Crippen LogP contribution is -2.03. The number of anilines is 2. The van der Waals surface area contributed by atoms with Crippen LogP contribution in [-0.4, -0.2) is 10.9 Å². The van der Waals surface area contributed by atoms with Gasteiger partial charge >= 0.3 is 0 Å². The molecule has 2 heterocycles. The summed E-state index contributed by atoms with van der Waals surface area (Å²) in [4.78, 5) is 15.6. The van der Waals surface area contributed by atoms with Gasteiger partial charge in [0, 0.05) is 28.3 Å². The van der Waals surface area contributed by atoms with E-state index in [1.165, 1.54) is 11.3 Å². The zero-order valence-corrected chi connectivity index (χ0v) is 12.3. The van der Waals surface area contributed by atoms with E-state index in [9.17, 15) is 4.79 Å². The van der Waals surface area contributed by atoms with Gasteiger partial charge in [-0.25, -0.2) is 0 Å². The second-order valence-electron chi connectivity index (χ2n) is 5.26. The van der Waals surface area contributed by atoms with Crippen molar-refractivity contribution in [2.24, 2.45) is 0 Å². The third kappa shape index (κ3) is 2.33. The molecule has 0 atom stereocenters. The molecule has 2 aromatic rings. The minimum Gasteiger partial charge on any atom is -0.399 e. The molecule has 4 nitrogen and oxygen atoms in total. The maximum absolute atomic E-state index is 12.2. The highest BCUT2D eigenvalue weighted by molar-refractivity contribution is 6.35. The zero-order valence-electron chi connectivity index (χ0n) is 12.3. The SMILES string of the molecule is CCc1cc(CC)c(/C=C2\C(=O)Nc3ccc(N)cc32)[nH]1. The van der Waals surface area contributed by atoms with Crippen LogP contribution in [0.1, 0.15) is 36.4 Å². The number of aromatic nitrogens is 1. The van der Waals surface area contributed by atoms with E-state index in [0.717, 1.165) is 29.8 Å².